The second-order valence-electron chi connectivity index (χ2n) is 6.21. The second kappa shape index (κ2) is 7.76. The van der Waals surface area contributed by atoms with E-state index >= 15 is 0 Å². The van der Waals surface area contributed by atoms with Gasteiger partial charge in [-0.15, -0.1) is 10.2 Å². The third-order valence-electron chi connectivity index (χ3n) is 4.06. The Labute approximate surface area is 145 Å². The molecule has 3 rings (SSSR count). The Kier molecular flexibility index (Phi) is 5.47. The van der Waals surface area contributed by atoms with Crippen LogP contribution in [0, 0.1) is 0 Å². The first-order valence-corrected chi connectivity index (χ1v) is 9.11. The number of carbonyl (C=O) groups excluding carboxylic acids is 1. The molecule has 2 N–H and O–H groups in total. The minimum Gasteiger partial charge on any atom is -0.468 e. The van der Waals surface area contributed by atoms with Crippen molar-refractivity contribution < 1.29 is 9.21 Å². The van der Waals surface area contributed by atoms with E-state index in [4.69, 9.17) is 4.42 Å². The Bertz CT molecular complexity index is 649. The summed E-state index contributed by atoms with van der Waals surface area (Å²) in [6.45, 7) is 6.66. The quantitative estimate of drug-likeness (QED) is 0.837. The fraction of sp³-hybridized carbons (Fsp3) is 0.562. The molecule has 0 spiro atoms. The van der Waals surface area contributed by atoms with E-state index in [1.165, 1.54) is 24.2 Å². The number of hydrogen-bond acceptors (Lipinski definition) is 6. The second-order valence-corrected chi connectivity index (χ2v) is 7.22. The molecule has 0 aliphatic carbocycles. The molecule has 1 fully saturated rings. The number of carbonyl (C=O) groups is 1. The van der Waals surface area contributed by atoms with Crippen molar-refractivity contribution in [2.75, 3.05) is 25.0 Å². The number of urea groups is 1. The smallest absolute Gasteiger partial charge is 0.321 e. The third kappa shape index (κ3) is 4.12. The van der Waals surface area contributed by atoms with Crippen molar-refractivity contribution in [3.05, 3.63) is 29.2 Å². The number of nitrogens with zero attached hydrogens (tertiary/aromatic N) is 3. The Morgan fingerprint density at radius 1 is 1.38 bits per heavy atom. The molecule has 2 aromatic heterocycles. The molecule has 0 saturated carbocycles. The highest BCUT2D eigenvalue weighted by atomic mass is 32.1. The summed E-state index contributed by atoms with van der Waals surface area (Å²) in [7, 11) is 0. The Balaban J connectivity index is 1.56. The van der Waals surface area contributed by atoms with Crippen LogP contribution in [0.15, 0.2) is 22.8 Å². The SMILES string of the molecule is CC(C)c1nnc(NC(=O)NC[C@@H](c2ccco2)N2CCCC2)s1. The van der Waals surface area contributed by atoms with Crippen LogP contribution in [0.3, 0.4) is 0 Å². The van der Waals surface area contributed by atoms with Gasteiger partial charge in [-0.05, 0) is 38.1 Å². The van der Waals surface area contributed by atoms with Crippen LogP contribution in [-0.4, -0.2) is 40.8 Å². The average molecular weight is 349 g/mol. The predicted octanol–water partition coefficient (Wildman–Crippen LogP) is 3.21. The van der Waals surface area contributed by atoms with E-state index in [0.29, 0.717) is 17.6 Å². The van der Waals surface area contributed by atoms with Gasteiger partial charge in [0.05, 0.1) is 12.3 Å². The number of hydrogen-bond donors (Lipinski definition) is 2. The molecule has 1 saturated heterocycles. The Morgan fingerprint density at radius 3 is 2.79 bits per heavy atom. The number of nitrogens with one attached hydrogen (secondary N) is 2. The normalized spacial score (nSPS) is 16.5. The van der Waals surface area contributed by atoms with Gasteiger partial charge in [-0.25, -0.2) is 4.79 Å². The van der Waals surface area contributed by atoms with Crippen LogP contribution in [0.4, 0.5) is 9.93 Å². The minimum atomic E-state index is -0.266. The molecular weight excluding hydrogens is 326 g/mol. The fourth-order valence-electron chi connectivity index (χ4n) is 2.79. The van der Waals surface area contributed by atoms with Gasteiger partial charge in [-0.2, -0.15) is 0 Å². The topological polar surface area (TPSA) is 83.3 Å². The van der Waals surface area contributed by atoms with Gasteiger partial charge in [0.2, 0.25) is 5.13 Å². The van der Waals surface area contributed by atoms with Crippen LogP contribution in [0.25, 0.3) is 0 Å². The van der Waals surface area contributed by atoms with Gasteiger partial charge >= 0.3 is 6.03 Å². The lowest BCUT2D eigenvalue weighted by Gasteiger charge is -2.25. The number of likely N-dealkylation sites (tertiary alicyclic amines) is 1. The molecule has 0 aromatic carbocycles. The number of furan rings is 1. The molecule has 130 valence electrons. The van der Waals surface area contributed by atoms with E-state index in [2.05, 4.69) is 25.7 Å². The number of amides is 2. The summed E-state index contributed by atoms with van der Waals surface area (Å²) in [6.07, 6.45) is 4.05. The minimum absolute atomic E-state index is 0.0638. The van der Waals surface area contributed by atoms with Crippen molar-refractivity contribution in [3.63, 3.8) is 0 Å². The molecule has 2 amide bonds. The van der Waals surface area contributed by atoms with Crippen LogP contribution in [0.2, 0.25) is 0 Å². The molecule has 8 heteroatoms. The summed E-state index contributed by atoms with van der Waals surface area (Å²) >= 11 is 1.40. The molecule has 2 aromatic rings. The van der Waals surface area contributed by atoms with E-state index in [0.717, 1.165) is 23.9 Å². The van der Waals surface area contributed by atoms with Crippen LogP contribution in [0.5, 0.6) is 0 Å². The molecule has 3 heterocycles. The molecule has 0 bridgehead atoms. The summed E-state index contributed by atoms with van der Waals surface area (Å²) in [5, 5.41) is 15.2. The van der Waals surface area contributed by atoms with Gasteiger partial charge < -0.3 is 9.73 Å². The van der Waals surface area contributed by atoms with Gasteiger partial charge in [0.25, 0.3) is 0 Å². The van der Waals surface area contributed by atoms with Crippen molar-refractivity contribution in [1.29, 1.82) is 0 Å². The summed E-state index contributed by atoms with van der Waals surface area (Å²) in [6, 6.07) is 3.64. The maximum absolute atomic E-state index is 12.1. The lowest BCUT2D eigenvalue weighted by atomic mass is 10.2. The maximum Gasteiger partial charge on any atom is 0.321 e. The van der Waals surface area contributed by atoms with Crippen molar-refractivity contribution in [3.8, 4) is 0 Å². The fourth-order valence-corrected chi connectivity index (χ4v) is 3.53. The van der Waals surface area contributed by atoms with Crippen molar-refractivity contribution >= 4 is 22.5 Å². The highest BCUT2D eigenvalue weighted by Gasteiger charge is 2.26. The number of aromatic nitrogens is 2. The zero-order valence-electron chi connectivity index (χ0n) is 14.0. The zero-order valence-corrected chi connectivity index (χ0v) is 14.8. The molecule has 1 aliphatic rings. The van der Waals surface area contributed by atoms with Crippen molar-refractivity contribution in [1.82, 2.24) is 20.4 Å². The van der Waals surface area contributed by atoms with Gasteiger partial charge in [-0.1, -0.05) is 25.2 Å². The molecule has 0 radical (unpaired) electrons. The standard InChI is InChI=1S/C16H23N5O2S/c1-11(2)14-19-20-16(24-14)18-15(22)17-10-12(13-6-5-9-23-13)21-7-3-4-8-21/h5-6,9,11-12H,3-4,7-8,10H2,1-2H3,(H2,17,18,20,22)/t12-/m0/s1. The molecule has 7 nitrogen and oxygen atoms in total. The monoisotopic (exact) mass is 349 g/mol. The summed E-state index contributed by atoms with van der Waals surface area (Å²) in [5.41, 5.74) is 0. The third-order valence-corrected chi connectivity index (χ3v) is 5.20. The molecule has 24 heavy (non-hydrogen) atoms. The highest BCUT2D eigenvalue weighted by Crippen LogP contribution is 2.25. The number of rotatable bonds is 6. The molecule has 0 unspecified atom stereocenters. The van der Waals surface area contributed by atoms with E-state index in [-0.39, 0.29) is 12.1 Å². The first-order valence-electron chi connectivity index (χ1n) is 8.29. The number of anilines is 1. The molecule has 1 atom stereocenters. The Hall–Kier alpha value is -1.93. The van der Waals surface area contributed by atoms with Gasteiger partial charge in [0.15, 0.2) is 0 Å². The van der Waals surface area contributed by atoms with Gasteiger partial charge in [0, 0.05) is 12.5 Å². The lowest BCUT2D eigenvalue weighted by molar-refractivity contribution is 0.207. The van der Waals surface area contributed by atoms with Crippen LogP contribution in [0.1, 0.15) is 49.4 Å². The summed E-state index contributed by atoms with van der Waals surface area (Å²) in [4.78, 5) is 14.5. The Morgan fingerprint density at radius 2 is 2.17 bits per heavy atom. The summed E-state index contributed by atoms with van der Waals surface area (Å²) < 4.78 is 5.55. The molecular formula is C16H23N5O2S. The van der Waals surface area contributed by atoms with Crippen LogP contribution >= 0.6 is 11.3 Å². The van der Waals surface area contributed by atoms with Crippen LogP contribution < -0.4 is 10.6 Å². The predicted molar refractivity (Wildman–Crippen MR) is 93.3 cm³/mol. The average Bonchev–Trinajstić information content (AvgIpc) is 3.30. The van der Waals surface area contributed by atoms with Gasteiger partial charge in [0.1, 0.15) is 10.8 Å². The first kappa shape index (κ1) is 16.9. The van der Waals surface area contributed by atoms with E-state index in [1.54, 1.807) is 6.26 Å². The molecule has 1 aliphatic heterocycles. The summed E-state index contributed by atoms with van der Waals surface area (Å²) in [5.74, 6) is 1.19. The lowest BCUT2D eigenvalue weighted by Crippen LogP contribution is -2.38. The van der Waals surface area contributed by atoms with E-state index in [9.17, 15) is 4.79 Å². The van der Waals surface area contributed by atoms with E-state index < -0.39 is 0 Å². The highest BCUT2D eigenvalue weighted by molar-refractivity contribution is 7.15. The van der Waals surface area contributed by atoms with E-state index in [1.807, 2.05) is 26.0 Å². The first-order chi connectivity index (χ1) is 11.6. The van der Waals surface area contributed by atoms with Gasteiger partial charge in [-0.3, -0.25) is 10.2 Å². The van der Waals surface area contributed by atoms with Crippen molar-refractivity contribution in [2.45, 2.75) is 38.6 Å². The maximum atomic E-state index is 12.1. The van der Waals surface area contributed by atoms with Crippen LogP contribution in [-0.2, 0) is 0 Å². The van der Waals surface area contributed by atoms with Crippen molar-refractivity contribution in [2.24, 2.45) is 0 Å². The zero-order chi connectivity index (χ0) is 16.9. The largest absolute Gasteiger partial charge is 0.468 e.